The Morgan fingerprint density at radius 3 is 2.67 bits per heavy atom. The van der Waals surface area contributed by atoms with E-state index in [0.29, 0.717) is 6.54 Å². The van der Waals surface area contributed by atoms with Crippen LogP contribution >= 0.6 is 0 Å². The molecule has 1 aromatic carbocycles. The third kappa shape index (κ3) is 4.45. The number of hydrogen-bond acceptors (Lipinski definition) is 3. The summed E-state index contributed by atoms with van der Waals surface area (Å²) in [4.78, 5) is 2.18. The van der Waals surface area contributed by atoms with Gasteiger partial charge < -0.3 is 15.4 Å². The lowest BCUT2D eigenvalue weighted by Crippen LogP contribution is -2.25. The van der Waals surface area contributed by atoms with E-state index in [4.69, 9.17) is 10.5 Å². The summed E-state index contributed by atoms with van der Waals surface area (Å²) < 4.78 is 5.97. The molecular weight excluding hydrogens is 260 g/mol. The number of allylic oxidation sites excluding steroid dienone is 2. The molecule has 3 nitrogen and oxygen atoms in total. The van der Waals surface area contributed by atoms with E-state index in [9.17, 15) is 0 Å². The Balaban J connectivity index is 2.31. The van der Waals surface area contributed by atoms with Gasteiger partial charge in [0.25, 0.3) is 0 Å². The fourth-order valence-corrected chi connectivity index (χ4v) is 2.68. The predicted octanol–water partition coefficient (Wildman–Crippen LogP) is 3.17. The number of hydrogen-bond donors (Lipinski definition) is 1. The normalized spacial score (nSPS) is 17.8. The third-order valence-electron chi connectivity index (χ3n) is 3.49. The van der Waals surface area contributed by atoms with Crippen molar-refractivity contribution < 1.29 is 4.74 Å². The van der Waals surface area contributed by atoms with E-state index >= 15 is 0 Å². The van der Waals surface area contributed by atoms with Crippen molar-refractivity contribution in [3.05, 3.63) is 53.3 Å². The van der Waals surface area contributed by atoms with Crippen LogP contribution in [-0.2, 0) is 11.3 Å². The van der Waals surface area contributed by atoms with Crippen molar-refractivity contribution in [1.82, 2.24) is 4.90 Å². The van der Waals surface area contributed by atoms with Crippen molar-refractivity contribution in [1.29, 1.82) is 0 Å². The largest absolute Gasteiger partial charge is 0.491 e. The molecule has 114 valence electrons. The molecule has 0 saturated carbocycles. The summed E-state index contributed by atoms with van der Waals surface area (Å²) in [5.41, 5.74) is 9.38. The van der Waals surface area contributed by atoms with E-state index in [1.807, 2.05) is 6.08 Å². The maximum atomic E-state index is 5.97. The molecule has 0 fully saturated rings. The molecule has 1 heterocycles. The molecule has 21 heavy (non-hydrogen) atoms. The highest BCUT2D eigenvalue weighted by Crippen LogP contribution is 2.32. The number of rotatable bonds is 4. The van der Waals surface area contributed by atoms with Gasteiger partial charge in [0, 0.05) is 13.0 Å². The third-order valence-corrected chi connectivity index (χ3v) is 3.49. The van der Waals surface area contributed by atoms with Crippen molar-refractivity contribution >= 4 is 5.57 Å². The standard InChI is InChI=1S/C18H26N2O/c1-18(2)11-16(8-9-17(12-19)21-18)15-7-5-6-14(10-15)13-20(3)4/h5-10H,11-13,19H2,1-4H3. The number of benzene rings is 1. The van der Waals surface area contributed by atoms with E-state index in [1.54, 1.807) is 0 Å². The van der Waals surface area contributed by atoms with Gasteiger partial charge in [-0.2, -0.15) is 0 Å². The number of nitrogens with two attached hydrogens (primary N) is 1. The highest BCUT2D eigenvalue weighted by atomic mass is 16.5. The highest BCUT2D eigenvalue weighted by Gasteiger charge is 2.25. The zero-order valence-electron chi connectivity index (χ0n) is 13.5. The van der Waals surface area contributed by atoms with Crippen LogP contribution in [0.3, 0.4) is 0 Å². The summed E-state index contributed by atoms with van der Waals surface area (Å²) >= 11 is 0. The van der Waals surface area contributed by atoms with Gasteiger partial charge in [0.2, 0.25) is 0 Å². The first-order chi connectivity index (χ1) is 9.89. The topological polar surface area (TPSA) is 38.5 Å². The van der Waals surface area contributed by atoms with E-state index in [1.165, 1.54) is 16.7 Å². The molecular formula is C18H26N2O. The molecule has 2 rings (SSSR count). The molecule has 1 aliphatic heterocycles. The monoisotopic (exact) mass is 286 g/mol. The van der Waals surface area contributed by atoms with E-state index < -0.39 is 0 Å². The van der Waals surface area contributed by atoms with Crippen LogP contribution in [-0.4, -0.2) is 31.1 Å². The maximum Gasteiger partial charge on any atom is 0.110 e. The van der Waals surface area contributed by atoms with Gasteiger partial charge in [-0.25, -0.2) is 0 Å². The minimum atomic E-state index is -0.231. The molecule has 0 spiro atoms. The molecule has 0 aromatic heterocycles. The Kier molecular flexibility index (Phi) is 4.86. The molecule has 0 atom stereocenters. The summed E-state index contributed by atoms with van der Waals surface area (Å²) in [6.07, 6.45) is 5.02. The molecule has 0 unspecified atom stereocenters. The lowest BCUT2D eigenvalue weighted by Gasteiger charge is -2.27. The Morgan fingerprint density at radius 2 is 2.00 bits per heavy atom. The van der Waals surface area contributed by atoms with Crippen molar-refractivity contribution in [2.45, 2.75) is 32.4 Å². The van der Waals surface area contributed by atoms with Gasteiger partial charge >= 0.3 is 0 Å². The molecule has 0 amide bonds. The lowest BCUT2D eigenvalue weighted by atomic mass is 9.92. The van der Waals surface area contributed by atoms with Gasteiger partial charge in [0.15, 0.2) is 0 Å². The predicted molar refractivity (Wildman–Crippen MR) is 88.7 cm³/mol. The van der Waals surface area contributed by atoms with E-state index in [0.717, 1.165) is 18.7 Å². The summed E-state index contributed by atoms with van der Waals surface area (Å²) in [6.45, 7) is 5.61. The zero-order chi connectivity index (χ0) is 15.5. The van der Waals surface area contributed by atoms with Gasteiger partial charge in [-0.05, 0) is 50.7 Å². The van der Waals surface area contributed by atoms with Gasteiger partial charge in [-0.3, -0.25) is 0 Å². The van der Waals surface area contributed by atoms with Gasteiger partial charge in [-0.15, -0.1) is 0 Å². The van der Waals surface area contributed by atoms with Crippen molar-refractivity contribution in [2.24, 2.45) is 5.73 Å². The van der Waals surface area contributed by atoms with Crippen LogP contribution in [0.2, 0.25) is 0 Å². The molecule has 0 aliphatic carbocycles. The molecule has 1 aliphatic rings. The molecule has 2 N–H and O–H groups in total. The van der Waals surface area contributed by atoms with Crippen molar-refractivity contribution in [3.8, 4) is 0 Å². The quantitative estimate of drug-likeness (QED) is 0.924. The smallest absolute Gasteiger partial charge is 0.110 e. The van der Waals surface area contributed by atoms with Crippen LogP contribution in [0.1, 0.15) is 31.4 Å². The van der Waals surface area contributed by atoms with Gasteiger partial charge in [0.05, 0.1) is 6.54 Å². The van der Waals surface area contributed by atoms with Crippen LogP contribution in [0.15, 0.2) is 42.2 Å². The first kappa shape index (κ1) is 15.8. The van der Waals surface area contributed by atoms with Crippen LogP contribution in [0.25, 0.3) is 5.57 Å². The molecule has 0 radical (unpaired) electrons. The maximum absolute atomic E-state index is 5.97. The summed E-state index contributed by atoms with van der Waals surface area (Å²) in [6, 6.07) is 8.73. The van der Waals surface area contributed by atoms with Crippen LogP contribution in [0.4, 0.5) is 0 Å². The fraction of sp³-hybridized carbons (Fsp3) is 0.444. The average molecular weight is 286 g/mol. The van der Waals surface area contributed by atoms with Crippen LogP contribution in [0, 0.1) is 0 Å². The molecule has 0 saturated heterocycles. The van der Waals surface area contributed by atoms with Crippen LogP contribution < -0.4 is 5.73 Å². The first-order valence-corrected chi connectivity index (χ1v) is 7.42. The number of nitrogens with zero attached hydrogens (tertiary/aromatic N) is 1. The van der Waals surface area contributed by atoms with E-state index in [2.05, 4.69) is 63.2 Å². The average Bonchev–Trinajstić information content (AvgIpc) is 2.56. The van der Waals surface area contributed by atoms with Gasteiger partial charge in [-0.1, -0.05) is 30.3 Å². The second kappa shape index (κ2) is 6.46. The zero-order valence-corrected chi connectivity index (χ0v) is 13.5. The first-order valence-electron chi connectivity index (χ1n) is 7.42. The minimum Gasteiger partial charge on any atom is -0.491 e. The van der Waals surface area contributed by atoms with Gasteiger partial charge in [0.1, 0.15) is 11.4 Å². The molecule has 3 heteroatoms. The number of ether oxygens (including phenoxy) is 1. The fourth-order valence-electron chi connectivity index (χ4n) is 2.68. The van der Waals surface area contributed by atoms with Crippen LogP contribution in [0.5, 0.6) is 0 Å². The minimum absolute atomic E-state index is 0.231. The Bertz CT molecular complexity index is 556. The Labute approximate surface area is 128 Å². The Morgan fingerprint density at radius 1 is 1.24 bits per heavy atom. The SMILES string of the molecule is CN(C)Cc1cccc(C2=CC=C(CN)OC(C)(C)C2)c1. The lowest BCUT2D eigenvalue weighted by molar-refractivity contribution is 0.0400. The molecule has 0 bridgehead atoms. The van der Waals surface area contributed by atoms with Crippen molar-refractivity contribution in [3.63, 3.8) is 0 Å². The second-order valence-corrected chi connectivity index (χ2v) is 6.51. The Hall–Kier alpha value is -1.58. The summed E-state index contributed by atoms with van der Waals surface area (Å²) in [5, 5.41) is 0. The highest BCUT2D eigenvalue weighted by molar-refractivity contribution is 5.68. The van der Waals surface area contributed by atoms with Crippen molar-refractivity contribution in [2.75, 3.05) is 20.6 Å². The molecule has 1 aromatic rings. The second-order valence-electron chi connectivity index (χ2n) is 6.51. The van der Waals surface area contributed by atoms with E-state index in [-0.39, 0.29) is 5.60 Å². The summed E-state index contributed by atoms with van der Waals surface area (Å²) in [5.74, 6) is 0.847. The summed E-state index contributed by atoms with van der Waals surface area (Å²) in [7, 11) is 4.18.